The fraction of sp³-hybridized carbons (Fsp3) is 0.375. The monoisotopic (exact) mass is 284 g/mol. The minimum absolute atomic E-state index is 0.0305. The molecular weight excluding hydrogens is 264 g/mol. The molecule has 0 spiro atoms. The SMILES string of the molecule is O=C(Nc1cn[nH]c1)N1CCCCC1Cc1ccccc1. The largest absolute Gasteiger partial charge is 0.322 e. The van der Waals surface area contributed by atoms with Crippen molar-refractivity contribution in [3.8, 4) is 0 Å². The lowest BCUT2D eigenvalue weighted by molar-refractivity contribution is 0.162. The zero-order valence-electron chi connectivity index (χ0n) is 12.0. The molecule has 0 radical (unpaired) electrons. The Labute approximate surface area is 124 Å². The molecule has 1 unspecified atom stereocenters. The second kappa shape index (κ2) is 6.43. The normalized spacial score (nSPS) is 18.5. The van der Waals surface area contributed by atoms with Gasteiger partial charge in [0.05, 0.1) is 11.9 Å². The van der Waals surface area contributed by atoms with Crippen LogP contribution in [0, 0.1) is 0 Å². The summed E-state index contributed by atoms with van der Waals surface area (Å²) in [5, 5.41) is 9.46. The number of nitrogens with one attached hydrogen (secondary N) is 2. The summed E-state index contributed by atoms with van der Waals surface area (Å²) in [7, 11) is 0. The summed E-state index contributed by atoms with van der Waals surface area (Å²) >= 11 is 0. The molecule has 110 valence electrons. The van der Waals surface area contributed by atoms with Crippen molar-refractivity contribution >= 4 is 11.7 Å². The van der Waals surface area contributed by atoms with Gasteiger partial charge in [0.1, 0.15) is 0 Å². The van der Waals surface area contributed by atoms with Gasteiger partial charge in [0.25, 0.3) is 0 Å². The first kappa shape index (κ1) is 13.7. The molecule has 0 saturated carbocycles. The van der Waals surface area contributed by atoms with Gasteiger partial charge in [0.15, 0.2) is 0 Å². The Morgan fingerprint density at radius 3 is 2.95 bits per heavy atom. The number of hydrogen-bond donors (Lipinski definition) is 2. The van der Waals surface area contributed by atoms with E-state index >= 15 is 0 Å². The number of amides is 2. The minimum atomic E-state index is -0.0305. The smallest absolute Gasteiger partial charge is 0.321 e. The maximum atomic E-state index is 12.4. The molecule has 2 heterocycles. The van der Waals surface area contributed by atoms with Crippen molar-refractivity contribution in [3.63, 3.8) is 0 Å². The molecule has 1 aliphatic heterocycles. The van der Waals surface area contributed by atoms with Gasteiger partial charge in [0, 0.05) is 18.8 Å². The molecular formula is C16H20N4O. The fourth-order valence-corrected chi connectivity index (χ4v) is 2.88. The van der Waals surface area contributed by atoms with Gasteiger partial charge in [-0.2, -0.15) is 5.10 Å². The average molecular weight is 284 g/mol. The Hall–Kier alpha value is -2.30. The van der Waals surface area contributed by atoms with Gasteiger partial charge in [0.2, 0.25) is 0 Å². The van der Waals surface area contributed by atoms with E-state index in [2.05, 4.69) is 27.6 Å². The first-order valence-electron chi connectivity index (χ1n) is 7.43. The Morgan fingerprint density at radius 2 is 2.19 bits per heavy atom. The van der Waals surface area contributed by atoms with Gasteiger partial charge in [-0.05, 0) is 31.2 Å². The molecule has 1 atom stereocenters. The summed E-state index contributed by atoms with van der Waals surface area (Å²) in [5.41, 5.74) is 1.99. The number of anilines is 1. The molecule has 21 heavy (non-hydrogen) atoms. The highest BCUT2D eigenvalue weighted by Crippen LogP contribution is 2.21. The lowest BCUT2D eigenvalue weighted by atomic mass is 9.96. The van der Waals surface area contributed by atoms with Gasteiger partial charge < -0.3 is 10.2 Å². The zero-order valence-corrected chi connectivity index (χ0v) is 12.0. The number of piperidine rings is 1. The highest BCUT2D eigenvalue weighted by Gasteiger charge is 2.26. The molecule has 0 aliphatic carbocycles. The summed E-state index contributed by atoms with van der Waals surface area (Å²) < 4.78 is 0. The second-order valence-electron chi connectivity index (χ2n) is 5.45. The molecule has 3 rings (SSSR count). The molecule has 1 fully saturated rings. The summed E-state index contributed by atoms with van der Waals surface area (Å²) in [5.74, 6) is 0. The summed E-state index contributed by atoms with van der Waals surface area (Å²) in [6.45, 7) is 0.821. The van der Waals surface area contributed by atoms with Crippen LogP contribution in [-0.2, 0) is 6.42 Å². The van der Waals surface area contributed by atoms with Crippen LogP contribution in [0.4, 0.5) is 10.5 Å². The lowest BCUT2D eigenvalue weighted by Gasteiger charge is -2.35. The van der Waals surface area contributed by atoms with E-state index in [0.717, 1.165) is 25.8 Å². The Kier molecular flexibility index (Phi) is 4.19. The van der Waals surface area contributed by atoms with Crippen LogP contribution in [0.5, 0.6) is 0 Å². The number of carbonyl (C=O) groups is 1. The first-order valence-corrected chi connectivity index (χ1v) is 7.43. The molecule has 1 aromatic heterocycles. The zero-order chi connectivity index (χ0) is 14.5. The summed E-state index contributed by atoms with van der Waals surface area (Å²) in [4.78, 5) is 14.4. The van der Waals surface area contributed by atoms with Crippen molar-refractivity contribution < 1.29 is 4.79 Å². The third-order valence-electron chi connectivity index (χ3n) is 3.95. The molecule has 0 bridgehead atoms. The number of nitrogens with zero attached hydrogens (tertiary/aromatic N) is 2. The van der Waals surface area contributed by atoms with Gasteiger partial charge in [-0.1, -0.05) is 30.3 Å². The van der Waals surface area contributed by atoms with Crippen LogP contribution in [-0.4, -0.2) is 33.7 Å². The maximum absolute atomic E-state index is 12.4. The Bertz CT molecular complexity index is 567. The van der Waals surface area contributed by atoms with E-state index in [9.17, 15) is 4.79 Å². The Balaban J connectivity index is 1.67. The molecule has 5 nitrogen and oxygen atoms in total. The summed E-state index contributed by atoms with van der Waals surface area (Å²) in [6, 6.07) is 10.6. The molecule has 1 aromatic carbocycles. The van der Waals surface area contributed by atoms with E-state index in [1.54, 1.807) is 12.4 Å². The molecule has 1 saturated heterocycles. The van der Waals surface area contributed by atoms with Crippen LogP contribution >= 0.6 is 0 Å². The van der Waals surface area contributed by atoms with E-state index in [0.29, 0.717) is 5.69 Å². The molecule has 2 amide bonds. The number of aromatic nitrogens is 2. The second-order valence-corrected chi connectivity index (χ2v) is 5.45. The number of carbonyl (C=O) groups excluding carboxylic acids is 1. The third kappa shape index (κ3) is 3.42. The topological polar surface area (TPSA) is 61.0 Å². The van der Waals surface area contributed by atoms with Crippen molar-refractivity contribution in [1.29, 1.82) is 0 Å². The van der Waals surface area contributed by atoms with E-state index < -0.39 is 0 Å². The van der Waals surface area contributed by atoms with Gasteiger partial charge in [-0.3, -0.25) is 5.10 Å². The maximum Gasteiger partial charge on any atom is 0.322 e. The van der Waals surface area contributed by atoms with E-state index in [1.807, 2.05) is 23.1 Å². The number of hydrogen-bond acceptors (Lipinski definition) is 2. The number of likely N-dealkylation sites (tertiary alicyclic amines) is 1. The van der Waals surface area contributed by atoms with Crippen molar-refractivity contribution in [2.75, 3.05) is 11.9 Å². The summed E-state index contributed by atoms with van der Waals surface area (Å²) in [6.07, 6.45) is 7.55. The van der Waals surface area contributed by atoms with E-state index in [4.69, 9.17) is 0 Å². The van der Waals surface area contributed by atoms with Gasteiger partial charge in [-0.15, -0.1) is 0 Å². The van der Waals surface area contributed by atoms with Crippen LogP contribution < -0.4 is 5.32 Å². The average Bonchev–Trinajstić information content (AvgIpc) is 3.02. The predicted octanol–water partition coefficient (Wildman–Crippen LogP) is 3.04. The quantitative estimate of drug-likeness (QED) is 0.910. The van der Waals surface area contributed by atoms with Crippen LogP contribution in [0.2, 0.25) is 0 Å². The van der Waals surface area contributed by atoms with Crippen molar-refractivity contribution in [2.24, 2.45) is 0 Å². The fourth-order valence-electron chi connectivity index (χ4n) is 2.88. The lowest BCUT2D eigenvalue weighted by Crippen LogP contribution is -2.46. The molecule has 1 aliphatic rings. The molecule has 2 aromatic rings. The van der Waals surface area contributed by atoms with E-state index in [-0.39, 0.29) is 12.1 Å². The number of aromatic amines is 1. The minimum Gasteiger partial charge on any atom is -0.321 e. The first-order chi connectivity index (χ1) is 10.3. The highest BCUT2D eigenvalue weighted by atomic mass is 16.2. The molecule has 2 N–H and O–H groups in total. The Morgan fingerprint density at radius 1 is 1.33 bits per heavy atom. The number of rotatable bonds is 3. The van der Waals surface area contributed by atoms with Crippen LogP contribution in [0.15, 0.2) is 42.7 Å². The number of urea groups is 1. The van der Waals surface area contributed by atoms with Gasteiger partial charge >= 0.3 is 6.03 Å². The predicted molar refractivity (Wildman–Crippen MR) is 82.1 cm³/mol. The number of benzene rings is 1. The molecule has 5 heteroatoms. The third-order valence-corrected chi connectivity index (χ3v) is 3.95. The highest BCUT2D eigenvalue weighted by molar-refractivity contribution is 5.89. The van der Waals surface area contributed by atoms with Crippen LogP contribution in [0.1, 0.15) is 24.8 Å². The van der Waals surface area contributed by atoms with Crippen molar-refractivity contribution in [3.05, 3.63) is 48.3 Å². The van der Waals surface area contributed by atoms with Crippen LogP contribution in [0.3, 0.4) is 0 Å². The standard InChI is InChI=1S/C16H20N4O/c21-16(19-14-11-17-18-12-14)20-9-5-4-8-15(20)10-13-6-2-1-3-7-13/h1-3,6-7,11-12,15H,4-5,8-10H2,(H,17,18)(H,19,21). The van der Waals surface area contributed by atoms with Crippen molar-refractivity contribution in [1.82, 2.24) is 15.1 Å². The van der Waals surface area contributed by atoms with E-state index in [1.165, 1.54) is 12.0 Å². The van der Waals surface area contributed by atoms with Gasteiger partial charge in [-0.25, -0.2) is 4.79 Å². The van der Waals surface area contributed by atoms with Crippen LogP contribution in [0.25, 0.3) is 0 Å². The van der Waals surface area contributed by atoms with Crippen molar-refractivity contribution in [2.45, 2.75) is 31.7 Å². The number of H-pyrrole nitrogens is 1.